The Balaban J connectivity index is 1.86. The quantitative estimate of drug-likeness (QED) is 0.618. The van der Waals surface area contributed by atoms with Crippen molar-refractivity contribution in [2.75, 3.05) is 0 Å². The van der Waals surface area contributed by atoms with Crippen LogP contribution in [0.15, 0.2) is 39.5 Å². The van der Waals surface area contributed by atoms with Crippen LogP contribution in [-0.2, 0) is 4.74 Å². The molecule has 3 rings (SSSR count). The first kappa shape index (κ1) is 16.7. The van der Waals surface area contributed by atoms with Crippen LogP contribution < -0.4 is 5.63 Å². The van der Waals surface area contributed by atoms with E-state index in [1.807, 2.05) is 12.1 Å². The molecule has 4 nitrogen and oxygen atoms in total. The second kappa shape index (κ2) is 6.80. The summed E-state index contributed by atoms with van der Waals surface area (Å²) in [7, 11) is 0. The Kier molecular flexibility index (Phi) is 4.74. The summed E-state index contributed by atoms with van der Waals surface area (Å²) in [6.45, 7) is 6.50. The van der Waals surface area contributed by atoms with Gasteiger partial charge in [-0.25, -0.2) is 9.59 Å². The fourth-order valence-corrected chi connectivity index (χ4v) is 3.66. The number of hydrogen-bond donors (Lipinski definition) is 0. The minimum absolute atomic E-state index is 0.0190. The molecule has 1 aromatic carbocycles. The Labute approximate surface area is 141 Å². The first-order chi connectivity index (χ1) is 11.5. The molecule has 0 amide bonds. The minimum atomic E-state index is -0.636. The highest BCUT2D eigenvalue weighted by molar-refractivity contribution is 5.92. The monoisotopic (exact) mass is 328 g/mol. The molecule has 4 heteroatoms. The Hall–Kier alpha value is -2.10. The number of ether oxygens (including phenoxy) is 1. The number of carbonyl (C=O) groups is 1. The fourth-order valence-electron chi connectivity index (χ4n) is 3.66. The van der Waals surface area contributed by atoms with E-state index in [1.165, 1.54) is 0 Å². The van der Waals surface area contributed by atoms with E-state index in [0.29, 0.717) is 23.3 Å². The minimum Gasteiger partial charge on any atom is -0.458 e. The third kappa shape index (κ3) is 3.37. The van der Waals surface area contributed by atoms with E-state index in [1.54, 1.807) is 18.2 Å². The highest BCUT2D eigenvalue weighted by Gasteiger charge is 2.34. The van der Waals surface area contributed by atoms with Crippen molar-refractivity contribution < 1.29 is 13.9 Å². The van der Waals surface area contributed by atoms with Crippen molar-refractivity contribution >= 4 is 16.9 Å². The summed E-state index contributed by atoms with van der Waals surface area (Å²) >= 11 is 0. The molecule has 1 aliphatic carbocycles. The summed E-state index contributed by atoms with van der Waals surface area (Å²) in [6.07, 6.45) is 2.94. The average molecular weight is 328 g/mol. The van der Waals surface area contributed by atoms with Crippen molar-refractivity contribution in [3.63, 3.8) is 0 Å². The molecule has 1 saturated carbocycles. The Morgan fingerprint density at radius 2 is 2.00 bits per heavy atom. The Morgan fingerprint density at radius 3 is 2.75 bits per heavy atom. The molecule has 1 aromatic heterocycles. The fraction of sp³-hybridized carbons (Fsp3) is 0.500. The SMILES string of the molecule is CC(C)[C@@H]1CC[C@@H](C)C[C@H]1OC(=O)c1cc2ccccc2oc1=O. The molecule has 0 radical (unpaired) electrons. The molecule has 0 aliphatic heterocycles. The lowest BCUT2D eigenvalue weighted by Gasteiger charge is -2.36. The molecule has 2 aromatic rings. The maximum absolute atomic E-state index is 12.6. The number of hydrogen-bond acceptors (Lipinski definition) is 4. The molecule has 3 atom stereocenters. The van der Waals surface area contributed by atoms with Gasteiger partial charge in [0.1, 0.15) is 17.3 Å². The lowest BCUT2D eigenvalue weighted by atomic mass is 9.75. The van der Waals surface area contributed by atoms with Crippen LogP contribution in [0, 0.1) is 17.8 Å². The molecule has 1 aliphatic rings. The van der Waals surface area contributed by atoms with Gasteiger partial charge in [-0.2, -0.15) is 0 Å². The molecule has 0 spiro atoms. The molecule has 128 valence electrons. The lowest BCUT2D eigenvalue weighted by Crippen LogP contribution is -2.36. The van der Waals surface area contributed by atoms with Crippen LogP contribution in [0.5, 0.6) is 0 Å². The van der Waals surface area contributed by atoms with Crippen molar-refractivity contribution in [3.8, 4) is 0 Å². The van der Waals surface area contributed by atoms with Crippen molar-refractivity contribution in [1.29, 1.82) is 0 Å². The molecule has 0 bridgehead atoms. The zero-order valence-corrected chi connectivity index (χ0v) is 14.5. The van der Waals surface area contributed by atoms with E-state index >= 15 is 0 Å². The largest absolute Gasteiger partial charge is 0.458 e. The number of esters is 1. The van der Waals surface area contributed by atoms with Gasteiger partial charge in [0, 0.05) is 5.39 Å². The van der Waals surface area contributed by atoms with Gasteiger partial charge in [-0.15, -0.1) is 0 Å². The molecular weight excluding hydrogens is 304 g/mol. The van der Waals surface area contributed by atoms with E-state index in [2.05, 4.69) is 20.8 Å². The van der Waals surface area contributed by atoms with Crippen LogP contribution in [-0.4, -0.2) is 12.1 Å². The van der Waals surface area contributed by atoms with E-state index in [9.17, 15) is 9.59 Å². The van der Waals surface area contributed by atoms with Crippen LogP contribution in [0.1, 0.15) is 50.4 Å². The van der Waals surface area contributed by atoms with Gasteiger partial charge in [0.2, 0.25) is 0 Å². The summed E-state index contributed by atoms with van der Waals surface area (Å²) in [4.78, 5) is 24.7. The lowest BCUT2D eigenvalue weighted by molar-refractivity contribution is -0.0177. The van der Waals surface area contributed by atoms with E-state index in [4.69, 9.17) is 9.15 Å². The smallest absolute Gasteiger partial charge is 0.351 e. The van der Waals surface area contributed by atoms with Crippen molar-refractivity contribution in [3.05, 3.63) is 46.3 Å². The first-order valence-electron chi connectivity index (χ1n) is 8.69. The highest BCUT2D eigenvalue weighted by atomic mass is 16.5. The zero-order chi connectivity index (χ0) is 17.3. The third-order valence-electron chi connectivity index (χ3n) is 5.08. The van der Waals surface area contributed by atoms with Gasteiger partial charge in [-0.05, 0) is 42.7 Å². The predicted octanol–water partition coefficient (Wildman–Crippen LogP) is 4.41. The van der Waals surface area contributed by atoms with Crippen LogP contribution in [0.3, 0.4) is 0 Å². The molecule has 1 heterocycles. The second-order valence-corrected chi connectivity index (χ2v) is 7.26. The van der Waals surface area contributed by atoms with Crippen LogP contribution in [0.25, 0.3) is 11.0 Å². The number of para-hydroxylation sites is 1. The van der Waals surface area contributed by atoms with Crippen molar-refractivity contribution in [2.24, 2.45) is 17.8 Å². The van der Waals surface area contributed by atoms with E-state index in [0.717, 1.165) is 24.6 Å². The number of benzene rings is 1. The zero-order valence-electron chi connectivity index (χ0n) is 14.5. The van der Waals surface area contributed by atoms with Gasteiger partial charge < -0.3 is 9.15 Å². The summed E-state index contributed by atoms with van der Waals surface area (Å²) in [5, 5.41) is 0.724. The van der Waals surface area contributed by atoms with Gasteiger partial charge in [0.25, 0.3) is 0 Å². The predicted molar refractivity (Wildman–Crippen MR) is 93.0 cm³/mol. The third-order valence-corrected chi connectivity index (χ3v) is 5.08. The van der Waals surface area contributed by atoms with Crippen molar-refractivity contribution in [2.45, 2.75) is 46.1 Å². The summed E-state index contributed by atoms with van der Waals surface area (Å²) in [5.74, 6) is 0.756. The maximum atomic E-state index is 12.6. The molecule has 0 saturated heterocycles. The van der Waals surface area contributed by atoms with Gasteiger partial charge in [0.05, 0.1) is 0 Å². The number of rotatable bonds is 3. The second-order valence-electron chi connectivity index (χ2n) is 7.26. The first-order valence-corrected chi connectivity index (χ1v) is 8.69. The van der Waals surface area contributed by atoms with Crippen LogP contribution >= 0.6 is 0 Å². The number of carbonyl (C=O) groups excluding carboxylic acids is 1. The molecule has 1 fully saturated rings. The topological polar surface area (TPSA) is 56.5 Å². The van der Waals surface area contributed by atoms with Crippen molar-refractivity contribution in [1.82, 2.24) is 0 Å². The van der Waals surface area contributed by atoms with E-state index in [-0.39, 0.29) is 11.7 Å². The summed E-state index contributed by atoms with van der Waals surface area (Å²) in [5.41, 5.74) is -0.177. The molecule has 0 N–H and O–H groups in total. The highest BCUT2D eigenvalue weighted by Crippen LogP contribution is 2.35. The van der Waals surface area contributed by atoms with Gasteiger partial charge >= 0.3 is 11.6 Å². The normalized spacial score (nSPS) is 24.2. The van der Waals surface area contributed by atoms with Crippen LogP contribution in [0.2, 0.25) is 0 Å². The maximum Gasteiger partial charge on any atom is 0.351 e. The summed E-state index contributed by atoms with van der Waals surface area (Å²) in [6, 6.07) is 8.73. The number of fused-ring (bicyclic) bond motifs is 1. The molecular formula is C20H24O4. The standard InChI is InChI=1S/C20H24O4/c1-12(2)15-9-8-13(3)10-18(15)24-20(22)16-11-14-6-4-5-7-17(14)23-19(16)21/h4-7,11-13,15,18H,8-10H2,1-3H3/t13-,15+,18-/m1/s1. The van der Waals surface area contributed by atoms with E-state index < -0.39 is 11.6 Å². The molecule has 24 heavy (non-hydrogen) atoms. The van der Waals surface area contributed by atoms with Gasteiger partial charge in [-0.1, -0.05) is 45.4 Å². The van der Waals surface area contributed by atoms with Gasteiger partial charge in [0.15, 0.2) is 0 Å². The van der Waals surface area contributed by atoms with Gasteiger partial charge in [-0.3, -0.25) is 0 Å². The van der Waals surface area contributed by atoms with Crippen LogP contribution in [0.4, 0.5) is 0 Å². The average Bonchev–Trinajstić information content (AvgIpc) is 2.53. The summed E-state index contributed by atoms with van der Waals surface area (Å²) < 4.78 is 11.0. The Morgan fingerprint density at radius 1 is 1.25 bits per heavy atom. The molecule has 0 unspecified atom stereocenters. The Bertz CT molecular complexity index is 790.